The summed E-state index contributed by atoms with van der Waals surface area (Å²) in [6.07, 6.45) is 0. The molecule has 0 N–H and O–H groups in total. The lowest BCUT2D eigenvalue weighted by Gasteiger charge is -2.29. The van der Waals surface area contributed by atoms with Crippen LogP contribution in [-0.4, -0.2) is 22.0 Å². The predicted molar refractivity (Wildman–Crippen MR) is 109 cm³/mol. The van der Waals surface area contributed by atoms with Crippen molar-refractivity contribution in [3.63, 3.8) is 0 Å². The highest BCUT2D eigenvalue weighted by molar-refractivity contribution is 6.32. The number of hydrogen-bond donors (Lipinski definition) is 0. The van der Waals surface area contributed by atoms with Crippen LogP contribution in [0.1, 0.15) is 48.9 Å². The molecule has 0 amide bonds. The molecule has 0 heterocycles. The van der Waals surface area contributed by atoms with Crippen molar-refractivity contribution in [2.24, 2.45) is 0 Å². The number of carbonyl (C=O) groups is 2. The van der Waals surface area contributed by atoms with E-state index in [1.165, 1.54) is 12.1 Å². The van der Waals surface area contributed by atoms with Gasteiger partial charge in [-0.25, -0.2) is 0 Å². The largest absolute Gasteiger partial charge is 0.355 e. The summed E-state index contributed by atoms with van der Waals surface area (Å²) in [4.78, 5) is 38.8. The summed E-state index contributed by atoms with van der Waals surface area (Å²) in [7, 11) is 0. The highest BCUT2D eigenvalue weighted by Crippen LogP contribution is 2.46. The number of ketones is 2. The van der Waals surface area contributed by atoms with Crippen LogP contribution in [-0.2, 0) is 0 Å². The maximum Gasteiger partial charge on any atom is 0.355 e. The van der Waals surface area contributed by atoms with E-state index in [1.54, 1.807) is 48.5 Å². The Kier molecular flexibility index (Phi) is 4.38. The molecule has 1 atom stereocenters. The molecule has 144 valence electrons. The van der Waals surface area contributed by atoms with Crippen molar-refractivity contribution >= 4 is 11.6 Å². The van der Waals surface area contributed by atoms with Crippen molar-refractivity contribution in [2.45, 2.75) is 25.3 Å². The zero-order chi connectivity index (χ0) is 20.8. The summed E-state index contributed by atoms with van der Waals surface area (Å²) in [5.74, 6) is -2.54. The third-order valence-corrected chi connectivity index (χ3v) is 5.68. The molecule has 4 rings (SSSR count). The van der Waals surface area contributed by atoms with E-state index < -0.39 is 27.9 Å². The van der Waals surface area contributed by atoms with E-state index in [9.17, 15) is 19.7 Å². The first-order chi connectivity index (χ1) is 13.9. The van der Waals surface area contributed by atoms with Crippen LogP contribution in [0.4, 0.5) is 0 Å². The Bertz CT molecular complexity index is 1120. The average molecular weight is 385 g/mol. The van der Waals surface area contributed by atoms with E-state index in [0.29, 0.717) is 11.1 Å². The van der Waals surface area contributed by atoms with Crippen LogP contribution < -0.4 is 0 Å². The Labute approximate surface area is 168 Å². The molecule has 3 aromatic rings. The van der Waals surface area contributed by atoms with Crippen LogP contribution in [0.5, 0.6) is 0 Å². The maximum atomic E-state index is 13.5. The molecule has 1 aliphatic carbocycles. The van der Waals surface area contributed by atoms with Gasteiger partial charge in [0.15, 0.2) is 0 Å². The summed E-state index contributed by atoms with van der Waals surface area (Å²) in [5.41, 5.74) is 0.765. The van der Waals surface area contributed by atoms with Crippen LogP contribution in [0.15, 0.2) is 72.8 Å². The Balaban J connectivity index is 2.07. The number of carbonyl (C=O) groups excluding carboxylic acids is 2. The van der Waals surface area contributed by atoms with Crippen LogP contribution in [0.2, 0.25) is 0 Å². The number of rotatable bonds is 4. The average Bonchev–Trinajstić information content (AvgIpc) is 2.94. The molecule has 1 unspecified atom stereocenters. The summed E-state index contributed by atoms with van der Waals surface area (Å²) in [6, 6.07) is 20.6. The number of hydrogen-bond acceptors (Lipinski definition) is 4. The minimum Gasteiger partial charge on any atom is -0.285 e. The molecule has 0 spiro atoms. The van der Waals surface area contributed by atoms with E-state index in [4.69, 9.17) is 0 Å². The molecule has 0 fully saturated rings. The van der Waals surface area contributed by atoms with Gasteiger partial charge in [-0.15, -0.1) is 0 Å². The zero-order valence-corrected chi connectivity index (χ0v) is 16.1. The van der Waals surface area contributed by atoms with Gasteiger partial charge >= 0.3 is 5.54 Å². The SMILES string of the molecule is Cc1ccc(C(c2ccccc2)C2([N+](=O)[O-])C(=O)c3ccccc3C2=O)c(C)c1. The number of benzene rings is 3. The Morgan fingerprint density at radius 3 is 1.90 bits per heavy atom. The van der Waals surface area contributed by atoms with Gasteiger partial charge in [0.2, 0.25) is 11.6 Å². The molecule has 5 heteroatoms. The van der Waals surface area contributed by atoms with Crippen LogP contribution >= 0.6 is 0 Å². The quantitative estimate of drug-likeness (QED) is 0.376. The number of nitro groups is 1. The molecule has 0 aromatic heterocycles. The van der Waals surface area contributed by atoms with E-state index in [0.717, 1.165) is 11.1 Å². The standard InChI is InChI=1S/C24H19NO4/c1-15-12-13-18(16(2)14-15)21(17-8-4-3-5-9-17)24(25(28)29)22(26)19-10-6-7-11-20(19)23(24)27/h3-14,21H,1-2H3. The number of aryl methyl sites for hydroxylation is 2. The fourth-order valence-electron chi connectivity index (χ4n) is 4.37. The van der Waals surface area contributed by atoms with Gasteiger partial charge in [-0.05, 0) is 30.5 Å². The minimum atomic E-state index is -2.43. The second-order valence-electron chi connectivity index (χ2n) is 7.43. The van der Waals surface area contributed by atoms with E-state index in [1.807, 2.05) is 26.0 Å². The van der Waals surface area contributed by atoms with Gasteiger partial charge in [0.25, 0.3) is 0 Å². The lowest BCUT2D eigenvalue weighted by atomic mass is 9.71. The maximum absolute atomic E-state index is 13.5. The van der Waals surface area contributed by atoms with Gasteiger partial charge in [-0.2, -0.15) is 0 Å². The summed E-state index contributed by atoms with van der Waals surface area (Å²) < 4.78 is 0. The summed E-state index contributed by atoms with van der Waals surface area (Å²) in [5, 5.41) is 12.5. The molecule has 0 bridgehead atoms. The fraction of sp³-hybridized carbons (Fsp3) is 0.167. The molecule has 5 nitrogen and oxygen atoms in total. The lowest BCUT2D eigenvalue weighted by Crippen LogP contribution is -2.54. The van der Waals surface area contributed by atoms with Crippen molar-refractivity contribution in [1.29, 1.82) is 0 Å². The fourth-order valence-corrected chi connectivity index (χ4v) is 4.37. The number of nitrogens with zero attached hydrogens (tertiary/aromatic N) is 1. The number of fused-ring (bicyclic) bond motifs is 1. The Morgan fingerprint density at radius 2 is 1.38 bits per heavy atom. The molecule has 0 radical (unpaired) electrons. The highest BCUT2D eigenvalue weighted by Gasteiger charge is 2.69. The smallest absolute Gasteiger partial charge is 0.285 e. The highest BCUT2D eigenvalue weighted by atomic mass is 16.6. The first kappa shape index (κ1) is 18.7. The van der Waals surface area contributed by atoms with Gasteiger partial charge in [0.05, 0.1) is 5.92 Å². The molecular formula is C24H19NO4. The second-order valence-corrected chi connectivity index (χ2v) is 7.43. The Morgan fingerprint density at radius 1 is 0.828 bits per heavy atom. The zero-order valence-electron chi connectivity index (χ0n) is 16.1. The topological polar surface area (TPSA) is 77.3 Å². The third-order valence-electron chi connectivity index (χ3n) is 5.68. The molecule has 1 aliphatic rings. The first-order valence-electron chi connectivity index (χ1n) is 9.34. The van der Waals surface area contributed by atoms with Gasteiger partial charge in [-0.1, -0.05) is 78.4 Å². The molecule has 0 aliphatic heterocycles. The van der Waals surface area contributed by atoms with Crippen molar-refractivity contribution < 1.29 is 14.5 Å². The monoisotopic (exact) mass is 385 g/mol. The molecule has 0 saturated carbocycles. The number of Topliss-reactive ketones (excluding diaryl/α,β-unsaturated/α-hetero) is 2. The normalized spacial score (nSPS) is 15.8. The van der Waals surface area contributed by atoms with Crippen molar-refractivity contribution in [3.8, 4) is 0 Å². The molecular weight excluding hydrogens is 366 g/mol. The third kappa shape index (κ3) is 2.62. The Hall–Kier alpha value is -3.60. The summed E-state index contributed by atoms with van der Waals surface area (Å²) in [6.45, 7) is 3.78. The minimum absolute atomic E-state index is 0.111. The molecule has 3 aromatic carbocycles. The van der Waals surface area contributed by atoms with Crippen LogP contribution in [0.25, 0.3) is 0 Å². The van der Waals surface area contributed by atoms with Gasteiger partial charge < -0.3 is 0 Å². The lowest BCUT2D eigenvalue weighted by molar-refractivity contribution is -0.532. The van der Waals surface area contributed by atoms with Gasteiger partial charge in [0, 0.05) is 16.1 Å². The first-order valence-corrected chi connectivity index (χ1v) is 9.34. The van der Waals surface area contributed by atoms with Crippen LogP contribution in [0.3, 0.4) is 0 Å². The van der Waals surface area contributed by atoms with Crippen LogP contribution in [0, 0.1) is 24.0 Å². The van der Waals surface area contributed by atoms with Gasteiger partial charge in [-0.3, -0.25) is 19.7 Å². The predicted octanol–water partition coefficient (Wildman–Crippen LogP) is 4.53. The van der Waals surface area contributed by atoms with Crippen molar-refractivity contribution in [1.82, 2.24) is 0 Å². The van der Waals surface area contributed by atoms with Crippen molar-refractivity contribution in [2.75, 3.05) is 0 Å². The molecule has 29 heavy (non-hydrogen) atoms. The van der Waals surface area contributed by atoms with E-state index in [-0.39, 0.29) is 11.1 Å². The summed E-state index contributed by atoms with van der Waals surface area (Å²) >= 11 is 0. The van der Waals surface area contributed by atoms with Crippen molar-refractivity contribution in [3.05, 3.63) is 116 Å². The van der Waals surface area contributed by atoms with E-state index >= 15 is 0 Å². The molecule has 0 saturated heterocycles. The second kappa shape index (κ2) is 6.78. The van der Waals surface area contributed by atoms with Gasteiger partial charge in [0.1, 0.15) is 0 Å². The van der Waals surface area contributed by atoms with E-state index in [2.05, 4.69) is 0 Å².